The molecule has 1 saturated heterocycles. The summed E-state index contributed by atoms with van der Waals surface area (Å²) in [7, 11) is -0.259. The Kier molecular flexibility index (Phi) is 2.14. The summed E-state index contributed by atoms with van der Waals surface area (Å²) in [5.74, 6) is -0.398. The average molecular weight is 180 g/mol. The van der Waals surface area contributed by atoms with E-state index in [-0.39, 0.29) is 5.60 Å². The van der Waals surface area contributed by atoms with Gasteiger partial charge in [0, 0.05) is 14.2 Å². The summed E-state index contributed by atoms with van der Waals surface area (Å²) in [6, 6.07) is 0. The summed E-state index contributed by atoms with van der Waals surface area (Å²) in [5.41, 5.74) is -0.360. The van der Waals surface area contributed by atoms with Gasteiger partial charge in [0.05, 0.1) is 0 Å². The highest BCUT2D eigenvalue weighted by Crippen LogP contribution is 2.64. The third-order valence-electron chi connectivity index (χ3n) is 1.75. The molecule has 1 heterocycles. The zero-order chi connectivity index (χ0) is 8.70. The Labute approximate surface area is 66.4 Å². The zero-order valence-electron chi connectivity index (χ0n) is 7.16. The van der Waals surface area contributed by atoms with Gasteiger partial charge in [0.25, 0.3) is 0 Å². The average Bonchev–Trinajstić information content (AvgIpc) is 2.59. The lowest BCUT2D eigenvalue weighted by Gasteiger charge is -2.10. The van der Waals surface area contributed by atoms with E-state index in [1.807, 2.05) is 13.8 Å². The summed E-state index contributed by atoms with van der Waals surface area (Å²) >= 11 is 0. The molecule has 0 aromatic carbocycles. The van der Waals surface area contributed by atoms with Crippen LogP contribution in [0.4, 0.5) is 0 Å². The molecule has 0 saturated carbocycles. The lowest BCUT2D eigenvalue weighted by atomic mass is 10.3. The van der Waals surface area contributed by atoms with Crippen molar-refractivity contribution >= 4 is 7.60 Å². The predicted octanol–water partition coefficient (Wildman–Crippen LogP) is 1.61. The van der Waals surface area contributed by atoms with Crippen molar-refractivity contribution in [3.05, 3.63) is 0 Å². The van der Waals surface area contributed by atoms with Crippen molar-refractivity contribution in [2.24, 2.45) is 0 Å². The molecule has 1 atom stereocenters. The van der Waals surface area contributed by atoms with Gasteiger partial charge in [-0.2, -0.15) is 0 Å². The Morgan fingerprint density at radius 1 is 1.36 bits per heavy atom. The van der Waals surface area contributed by atoms with Crippen LogP contribution in [0.5, 0.6) is 0 Å². The molecule has 0 bridgehead atoms. The third kappa shape index (κ3) is 1.49. The SMILES string of the molecule is COP(=O)(OC)C1OC1(C)C. The number of epoxide rings is 1. The monoisotopic (exact) mass is 180 g/mol. The molecule has 4 nitrogen and oxygen atoms in total. The topological polar surface area (TPSA) is 48.1 Å². The molecule has 1 aliphatic rings. The van der Waals surface area contributed by atoms with Gasteiger partial charge in [-0.1, -0.05) is 0 Å². The van der Waals surface area contributed by atoms with Crippen molar-refractivity contribution in [2.45, 2.75) is 25.3 Å². The highest BCUT2D eigenvalue weighted by Gasteiger charge is 2.60. The van der Waals surface area contributed by atoms with E-state index in [0.29, 0.717) is 0 Å². The van der Waals surface area contributed by atoms with Crippen LogP contribution in [-0.2, 0) is 18.3 Å². The molecule has 11 heavy (non-hydrogen) atoms. The van der Waals surface area contributed by atoms with Crippen LogP contribution in [0.1, 0.15) is 13.8 Å². The van der Waals surface area contributed by atoms with Gasteiger partial charge >= 0.3 is 7.60 Å². The molecular formula is C6H13O4P. The van der Waals surface area contributed by atoms with Crippen LogP contribution in [0.15, 0.2) is 0 Å². The van der Waals surface area contributed by atoms with Gasteiger partial charge in [-0.05, 0) is 13.8 Å². The van der Waals surface area contributed by atoms with Crippen molar-refractivity contribution < 1.29 is 18.3 Å². The fraction of sp³-hybridized carbons (Fsp3) is 1.00. The van der Waals surface area contributed by atoms with E-state index in [4.69, 9.17) is 13.8 Å². The maximum Gasteiger partial charge on any atom is 0.361 e. The van der Waals surface area contributed by atoms with Gasteiger partial charge in [-0.15, -0.1) is 0 Å². The number of hydrogen-bond acceptors (Lipinski definition) is 4. The molecule has 0 aromatic rings. The highest BCUT2D eigenvalue weighted by molar-refractivity contribution is 7.54. The molecule has 0 radical (unpaired) electrons. The van der Waals surface area contributed by atoms with E-state index in [9.17, 15) is 4.57 Å². The first kappa shape index (κ1) is 9.20. The minimum atomic E-state index is -2.99. The second kappa shape index (κ2) is 2.56. The van der Waals surface area contributed by atoms with Gasteiger partial charge in [-0.25, -0.2) is 0 Å². The normalized spacial score (nSPS) is 28.5. The first-order chi connectivity index (χ1) is 4.96. The van der Waals surface area contributed by atoms with Crippen molar-refractivity contribution in [3.8, 4) is 0 Å². The first-order valence-electron chi connectivity index (χ1n) is 3.35. The maximum atomic E-state index is 11.6. The Bertz CT molecular complexity index is 193. The van der Waals surface area contributed by atoms with Crippen molar-refractivity contribution in [3.63, 3.8) is 0 Å². The lowest BCUT2D eigenvalue weighted by molar-refractivity contribution is 0.255. The molecule has 66 valence electrons. The molecular weight excluding hydrogens is 167 g/mol. The van der Waals surface area contributed by atoms with Gasteiger partial charge in [0.1, 0.15) is 5.60 Å². The quantitative estimate of drug-likeness (QED) is 0.489. The number of ether oxygens (including phenoxy) is 1. The number of rotatable bonds is 3. The summed E-state index contributed by atoms with van der Waals surface area (Å²) < 4.78 is 26.2. The molecule has 5 heteroatoms. The predicted molar refractivity (Wildman–Crippen MR) is 40.6 cm³/mol. The van der Waals surface area contributed by atoms with Crippen LogP contribution >= 0.6 is 7.60 Å². The van der Waals surface area contributed by atoms with E-state index in [2.05, 4.69) is 0 Å². The Morgan fingerprint density at radius 3 is 1.82 bits per heavy atom. The minimum Gasteiger partial charge on any atom is -0.353 e. The fourth-order valence-corrected chi connectivity index (χ4v) is 2.66. The summed E-state index contributed by atoms with van der Waals surface area (Å²) in [6.45, 7) is 3.70. The molecule has 1 unspecified atom stereocenters. The summed E-state index contributed by atoms with van der Waals surface area (Å²) in [6.07, 6.45) is 0. The van der Waals surface area contributed by atoms with Crippen LogP contribution in [0.3, 0.4) is 0 Å². The first-order valence-corrected chi connectivity index (χ1v) is 4.96. The highest BCUT2D eigenvalue weighted by atomic mass is 31.2. The van der Waals surface area contributed by atoms with Crippen molar-refractivity contribution in [2.75, 3.05) is 14.2 Å². The van der Waals surface area contributed by atoms with Gasteiger partial charge < -0.3 is 13.8 Å². The maximum absolute atomic E-state index is 11.6. The van der Waals surface area contributed by atoms with Crippen LogP contribution in [0, 0.1) is 0 Å². The zero-order valence-corrected chi connectivity index (χ0v) is 8.05. The Balaban J connectivity index is 2.68. The van der Waals surface area contributed by atoms with E-state index < -0.39 is 13.4 Å². The summed E-state index contributed by atoms with van der Waals surface area (Å²) in [5, 5.41) is 0. The molecule has 1 fully saturated rings. The van der Waals surface area contributed by atoms with E-state index in [1.54, 1.807) is 0 Å². The molecule has 0 N–H and O–H groups in total. The Morgan fingerprint density at radius 2 is 1.73 bits per heavy atom. The molecule has 0 aliphatic carbocycles. The Hall–Kier alpha value is 0.110. The smallest absolute Gasteiger partial charge is 0.353 e. The van der Waals surface area contributed by atoms with Crippen molar-refractivity contribution in [1.82, 2.24) is 0 Å². The minimum absolute atomic E-state index is 0.360. The van der Waals surface area contributed by atoms with E-state index in [0.717, 1.165) is 0 Å². The number of hydrogen-bond donors (Lipinski definition) is 0. The molecule has 1 rings (SSSR count). The van der Waals surface area contributed by atoms with Gasteiger partial charge in [-0.3, -0.25) is 4.57 Å². The van der Waals surface area contributed by atoms with Gasteiger partial charge in [0.15, 0.2) is 5.85 Å². The van der Waals surface area contributed by atoms with Crippen LogP contribution < -0.4 is 0 Å². The molecule has 0 spiro atoms. The summed E-state index contributed by atoms with van der Waals surface area (Å²) in [4.78, 5) is 0. The van der Waals surface area contributed by atoms with E-state index >= 15 is 0 Å². The second-order valence-electron chi connectivity index (χ2n) is 2.98. The molecule has 0 aromatic heterocycles. The van der Waals surface area contributed by atoms with Crippen LogP contribution in [0.25, 0.3) is 0 Å². The second-order valence-corrected chi connectivity index (χ2v) is 5.26. The molecule has 1 aliphatic heterocycles. The standard InChI is InChI=1S/C6H13O4P/c1-6(2)5(10-6)11(7,8-3)9-4/h5H,1-4H3. The van der Waals surface area contributed by atoms with Crippen LogP contribution in [-0.4, -0.2) is 25.7 Å². The van der Waals surface area contributed by atoms with Gasteiger partial charge in [0.2, 0.25) is 0 Å². The third-order valence-corrected chi connectivity index (χ3v) is 4.07. The lowest BCUT2D eigenvalue weighted by Crippen LogP contribution is -2.05. The van der Waals surface area contributed by atoms with Crippen molar-refractivity contribution in [1.29, 1.82) is 0 Å². The van der Waals surface area contributed by atoms with E-state index in [1.165, 1.54) is 14.2 Å². The largest absolute Gasteiger partial charge is 0.361 e. The van der Waals surface area contributed by atoms with Crippen LogP contribution in [0.2, 0.25) is 0 Å². The molecule has 0 amide bonds. The fourth-order valence-electron chi connectivity index (χ4n) is 0.965.